The lowest BCUT2D eigenvalue weighted by molar-refractivity contribution is 0.392. The van der Waals surface area contributed by atoms with Crippen LogP contribution >= 0.6 is 11.6 Å². The molecule has 21 heavy (non-hydrogen) atoms. The van der Waals surface area contributed by atoms with Gasteiger partial charge in [-0.05, 0) is 35.7 Å². The van der Waals surface area contributed by atoms with Crippen LogP contribution in [0.25, 0.3) is 0 Å². The van der Waals surface area contributed by atoms with Crippen molar-refractivity contribution >= 4 is 27.3 Å². The minimum Gasteiger partial charge on any atom is -0.398 e. The first-order chi connectivity index (χ1) is 10.00. The fourth-order valence-electron chi connectivity index (χ4n) is 2.58. The van der Waals surface area contributed by atoms with E-state index in [9.17, 15) is 8.42 Å². The van der Waals surface area contributed by atoms with Crippen molar-refractivity contribution in [3.05, 3.63) is 58.6 Å². The lowest BCUT2D eigenvalue weighted by atomic mass is 10.00. The lowest BCUT2D eigenvalue weighted by Crippen LogP contribution is -2.36. The largest absolute Gasteiger partial charge is 0.398 e. The van der Waals surface area contributed by atoms with E-state index >= 15 is 0 Å². The number of nitrogens with zero attached hydrogens (tertiary/aromatic N) is 1. The van der Waals surface area contributed by atoms with Gasteiger partial charge in [0.25, 0.3) is 0 Å². The highest BCUT2D eigenvalue weighted by molar-refractivity contribution is 7.89. The van der Waals surface area contributed by atoms with Crippen molar-refractivity contribution < 1.29 is 8.42 Å². The SMILES string of the molecule is Nc1cccc2c1CN(S(=O)(=O)c1ccccc1Cl)CC2. The molecule has 2 aromatic rings. The van der Waals surface area contributed by atoms with Crippen molar-refractivity contribution in [1.82, 2.24) is 4.31 Å². The smallest absolute Gasteiger partial charge is 0.244 e. The molecule has 0 aliphatic carbocycles. The van der Waals surface area contributed by atoms with E-state index < -0.39 is 10.0 Å². The van der Waals surface area contributed by atoms with Gasteiger partial charge in [0.15, 0.2) is 0 Å². The first-order valence-corrected chi connectivity index (χ1v) is 8.43. The van der Waals surface area contributed by atoms with Crippen LogP contribution in [0.4, 0.5) is 5.69 Å². The second-order valence-electron chi connectivity index (χ2n) is 5.00. The summed E-state index contributed by atoms with van der Waals surface area (Å²) in [7, 11) is -3.61. The summed E-state index contributed by atoms with van der Waals surface area (Å²) in [5.74, 6) is 0. The molecule has 0 bridgehead atoms. The molecule has 0 radical (unpaired) electrons. The van der Waals surface area contributed by atoms with Crippen LogP contribution in [0, 0.1) is 0 Å². The Labute approximate surface area is 129 Å². The third-order valence-electron chi connectivity index (χ3n) is 3.73. The van der Waals surface area contributed by atoms with Crippen molar-refractivity contribution in [2.75, 3.05) is 12.3 Å². The van der Waals surface area contributed by atoms with Gasteiger partial charge in [-0.3, -0.25) is 0 Å². The number of nitrogens with two attached hydrogens (primary N) is 1. The van der Waals surface area contributed by atoms with E-state index in [-0.39, 0.29) is 16.5 Å². The van der Waals surface area contributed by atoms with Crippen LogP contribution in [0.1, 0.15) is 11.1 Å². The predicted molar refractivity (Wildman–Crippen MR) is 83.6 cm³/mol. The molecule has 2 N–H and O–H groups in total. The fourth-order valence-corrected chi connectivity index (χ4v) is 4.48. The summed E-state index contributed by atoms with van der Waals surface area (Å²) in [6.07, 6.45) is 0.657. The summed E-state index contributed by atoms with van der Waals surface area (Å²) >= 11 is 6.03. The molecule has 0 amide bonds. The van der Waals surface area contributed by atoms with E-state index in [1.807, 2.05) is 12.1 Å². The maximum Gasteiger partial charge on any atom is 0.244 e. The summed E-state index contributed by atoms with van der Waals surface area (Å²) in [4.78, 5) is 0.143. The van der Waals surface area contributed by atoms with E-state index in [0.717, 1.165) is 11.1 Å². The van der Waals surface area contributed by atoms with Crippen LogP contribution in [0.15, 0.2) is 47.4 Å². The van der Waals surface area contributed by atoms with Crippen LogP contribution in [0.5, 0.6) is 0 Å². The number of nitrogen functional groups attached to an aromatic ring is 1. The van der Waals surface area contributed by atoms with Gasteiger partial charge in [-0.1, -0.05) is 35.9 Å². The molecule has 0 saturated carbocycles. The van der Waals surface area contributed by atoms with E-state index in [0.29, 0.717) is 18.7 Å². The van der Waals surface area contributed by atoms with E-state index in [2.05, 4.69) is 0 Å². The van der Waals surface area contributed by atoms with Gasteiger partial charge in [0.05, 0.1) is 5.02 Å². The Morgan fingerprint density at radius 2 is 1.86 bits per heavy atom. The molecule has 3 rings (SSSR count). The average molecular weight is 323 g/mol. The van der Waals surface area contributed by atoms with Crippen molar-refractivity contribution in [2.24, 2.45) is 0 Å². The molecule has 0 atom stereocenters. The molecule has 110 valence electrons. The standard InChI is InChI=1S/C15H15ClN2O2S/c16-13-5-1-2-7-15(13)21(19,20)18-9-8-11-4-3-6-14(17)12(11)10-18/h1-7H,8-10,17H2. The van der Waals surface area contributed by atoms with Gasteiger partial charge in [0.1, 0.15) is 4.90 Å². The highest BCUT2D eigenvalue weighted by atomic mass is 35.5. The number of hydrogen-bond donors (Lipinski definition) is 1. The Balaban J connectivity index is 2.00. The maximum absolute atomic E-state index is 12.7. The molecule has 1 aliphatic rings. The van der Waals surface area contributed by atoms with Crippen molar-refractivity contribution in [3.8, 4) is 0 Å². The van der Waals surface area contributed by atoms with Crippen molar-refractivity contribution in [3.63, 3.8) is 0 Å². The summed E-state index contributed by atoms with van der Waals surface area (Å²) in [6, 6.07) is 12.2. The topological polar surface area (TPSA) is 63.4 Å². The van der Waals surface area contributed by atoms with Gasteiger partial charge >= 0.3 is 0 Å². The molecular formula is C15H15ClN2O2S. The van der Waals surface area contributed by atoms with E-state index in [1.165, 1.54) is 10.4 Å². The van der Waals surface area contributed by atoms with Crippen molar-refractivity contribution in [2.45, 2.75) is 17.9 Å². The molecule has 4 nitrogen and oxygen atoms in total. The molecular weight excluding hydrogens is 308 g/mol. The van der Waals surface area contributed by atoms with Gasteiger partial charge in [-0.15, -0.1) is 0 Å². The highest BCUT2D eigenvalue weighted by Crippen LogP contribution is 2.30. The first kappa shape index (κ1) is 14.4. The lowest BCUT2D eigenvalue weighted by Gasteiger charge is -2.29. The first-order valence-electron chi connectivity index (χ1n) is 6.61. The fraction of sp³-hybridized carbons (Fsp3) is 0.200. The Hall–Kier alpha value is -1.56. The predicted octanol–water partition coefficient (Wildman–Crippen LogP) is 2.67. The van der Waals surface area contributed by atoms with E-state index in [4.69, 9.17) is 17.3 Å². The van der Waals surface area contributed by atoms with Gasteiger partial charge in [0, 0.05) is 18.8 Å². The Morgan fingerprint density at radius 1 is 1.10 bits per heavy atom. The zero-order valence-corrected chi connectivity index (χ0v) is 12.9. The monoisotopic (exact) mass is 322 g/mol. The van der Waals surface area contributed by atoms with E-state index in [1.54, 1.807) is 24.3 Å². The highest BCUT2D eigenvalue weighted by Gasteiger charge is 2.30. The molecule has 6 heteroatoms. The third kappa shape index (κ3) is 2.52. The number of sulfonamides is 1. The average Bonchev–Trinajstić information content (AvgIpc) is 2.47. The summed E-state index contributed by atoms with van der Waals surface area (Å²) in [6.45, 7) is 0.722. The maximum atomic E-state index is 12.7. The summed E-state index contributed by atoms with van der Waals surface area (Å²) < 4.78 is 26.9. The molecule has 0 fully saturated rings. The molecule has 0 spiro atoms. The minimum atomic E-state index is -3.61. The van der Waals surface area contributed by atoms with Crippen LogP contribution in [0.2, 0.25) is 5.02 Å². The van der Waals surface area contributed by atoms with Gasteiger partial charge in [-0.25, -0.2) is 8.42 Å². The zero-order chi connectivity index (χ0) is 15.0. The second kappa shape index (κ2) is 5.33. The van der Waals surface area contributed by atoms with Gasteiger partial charge in [0.2, 0.25) is 10.0 Å². The van der Waals surface area contributed by atoms with Crippen LogP contribution in [-0.4, -0.2) is 19.3 Å². The number of anilines is 1. The Kier molecular flexibility index (Phi) is 3.65. The second-order valence-corrected chi connectivity index (χ2v) is 7.32. The third-order valence-corrected chi connectivity index (χ3v) is 6.07. The number of benzene rings is 2. The van der Waals surface area contributed by atoms with Crippen LogP contribution < -0.4 is 5.73 Å². The molecule has 1 heterocycles. The Morgan fingerprint density at radius 3 is 2.62 bits per heavy atom. The van der Waals surface area contributed by atoms with Crippen molar-refractivity contribution in [1.29, 1.82) is 0 Å². The number of rotatable bonds is 2. The normalized spacial score (nSPS) is 15.7. The summed E-state index contributed by atoms with van der Waals surface area (Å²) in [5, 5.41) is 0.240. The number of fused-ring (bicyclic) bond motifs is 1. The molecule has 0 aromatic heterocycles. The van der Waals surface area contributed by atoms with Crippen LogP contribution in [-0.2, 0) is 23.0 Å². The van der Waals surface area contributed by atoms with Crippen LogP contribution in [0.3, 0.4) is 0 Å². The number of halogens is 1. The zero-order valence-electron chi connectivity index (χ0n) is 11.3. The quantitative estimate of drug-likeness (QED) is 0.865. The minimum absolute atomic E-state index is 0.143. The van der Waals surface area contributed by atoms with Gasteiger partial charge in [-0.2, -0.15) is 4.31 Å². The molecule has 2 aromatic carbocycles. The molecule has 0 saturated heterocycles. The van der Waals surface area contributed by atoms with Gasteiger partial charge < -0.3 is 5.73 Å². The number of hydrogen-bond acceptors (Lipinski definition) is 3. The summed E-state index contributed by atoms with van der Waals surface area (Å²) in [5.41, 5.74) is 8.60. The molecule has 0 unspecified atom stereocenters. The molecule has 1 aliphatic heterocycles. The Bertz CT molecular complexity index is 790.